The number of benzene rings is 4. The van der Waals surface area contributed by atoms with Gasteiger partial charge in [-0.05, 0) is 65.6 Å². The molecular weight excluding hydrogens is 839 g/mol. The van der Waals surface area contributed by atoms with E-state index >= 15 is 0 Å². The molecule has 1 aromatic heterocycles. The molecule has 4 aromatic carbocycles. The molecule has 2 bridgehead atoms. The third kappa shape index (κ3) is 17.9. The number of aliphatic carboxylic acids is 1. The van der Waals surface area contributed by atoms with Crippen molar-refractivity contribution in [2.24, 2.45) is 0 Å². The second-order valence-electron chi connectivity index (χ2n) is 14.5. The summed E-state index contributed by atoms with van der Waals surface area (Å²) in [5, 5.41) is 22.4. The van der Waals surface area contributed by atoms with Gasteiger partial charge in [0.25, 0.3) is 11.9 Å². The highest BCUT2D eigenvalue weighted by Crippen LogP contribution is 2.19. The van der Waals surface area contributed by atoms with E-state index in [2.05, 4.69) is 86.8 Å². The third-order valence-electron chi connectivity index (χ3n) is 9.44. The van der Waals surface area contributed by atoms with Gasteiger partial charge in [0.05, 0.1) is 13.7 Å². The lowest BCUT2D eigenvalue weighted by molar-refractivity contribution is -0.141. The molecule has 0 saturated carbocycles. The minimum atomic E-state index is -1.12. The summed E-state index contributed by atoms with van der Waals surface area (Å²) in [6, 6.07) is 35.5. The number of aryl methyl sites for hydroxylation is 2. The van der Waals surface area contributed by atoms with Crippen LogP contribution in [0.1, 0.15) is 34.9 Å². The summed E-state index contributed by atoms with van der Waals surface area (Å²) < 4.78 is 10.2. The van der Waals surface area contributed by atoms with E-state index in [1.165, 1.54) is 35.1 Å². The van der Waals surface area contributed by atoms with Crippen LogP contribution in [0.5, 0.6) is 5.75 Å². The Balaban J connectivity index is 0.000000438. The fraction of sp³-hybridized carbons (Fsp3) is 0.271. The van der Waals surface area contributed by atoms with Crippen molar-refractivity contribution in [3.63, 3.8) is 0 Å². The molecule has 6 N–H and O–H groups in total. The lowest BCUT2D eigenvalue weighted by Crippen LogP contribution is -2.56. The van der Waals surface area contributed by atoms with E-state index in [-0.39, 0.29) is 25.9 Å². The summed E-state index contributed by atoms with van der Waals surface area (Å²) in [7, 11) is 1.19. The predicted octanol–water partition coefficient (Wildman–Crippen LogP) is 4.17. The van der Waals surface area contributed by atoms with Gasteiger partial charge >= 0.3 is 5.97 Å². The van der Waals surface area contributed by atoms with Gasteiger partial charge in [-0.15, -0.1) is 11.3 Å². The molecule has 2 aliphatic heterocycles. The SMILES string of the molecule is CC(=O)O.COC(=O)CNC(=O)[C@@H]1Cc2ccc(cc2)OCC(=O)N[C@H](Cc2cccs2)C(=O)NCC(=O)N[C@H](CCc2ccccc2)C(=O)N1.Cc1ccc(-c2ccccc2)cc1. The van der Waals surface area contributed by atoms with Gasteiger partial charge in [-0.1, -0.05) is 109 Å². The maximum Gasteiger partial charge on any atom is 0.325 e. The fourth-order valence-electron chi connectivity index (χ4n) is 6.15. The van der Waals surface area contributed by atoms with Crippen molar-refractivity contribution in [2.45, 2.75) is 57.7 Å². The number of amides is 5. The Bertz CT molecular complexity index is 2270. The van der Waals surface area contributed by atoms with Crippen molar-refractivity contribution in [3.8, 4) is 16.9 Å². The van der Waals surface area contributed by atoms with E-state index in [0.29, 0.717) is 17.7 Å². The number of hydrogen-bond acceptors (Lipinski definition) is 10. The minimum absolute atomic E-state index is 0.0410. The zero-order valence-corrected chi connectivity index (χ0v) is 36.7. The van der Waals surface area contributed by atoms with Crippen LogP contribution in [0.4, 0.5) is 0 Å². The number of esters is 1. The van der Waals surface area contributed by atoms with E-state index in [1.54, 1.807) is 24.3 Å². The number of carbonyl (C=O) groups is 7. The van der Waals surface area contributed by atoms with Crippen molar-refractivity contribution < 1.29 is 48.1 Å². The topological polar surface area (TPSA) is 218 Å². The largest absolute Gasteiger partial charge is 0.484 e. The van der Waals surface area contributed by atoms with Gasteiger partial charge < -0.3 is 41.2 Å². The molecule has 0 saturated heterocycles. The van der Waals surface area contributed by atoms with Crippen LogP contribution >= 0.6 is 11.3 Å². The number of ether oxygens (including phenoxy) is 2. The van der Waals surface area contributed by atoms with Gasteiger partial charge in [0.15, 0.2) is 6.61 Å². The normalized spacial score (nSPS) is 16.6. The Morgan fingerprint density at radius 2 is 1.39 bits per heavy atom. The number of thiophene rings is 1. The molecule has 16 heteroatoms. The summed E-state index contributed by atoms with van der Waals surface area (Å²) in [4.78, 5) is 87.4. The summed E-state index contributed by atoms with van der Waals surface area (Å²) in [5.74, 6) is -4.16. The molecule has 5 aromatic rings. The summed E-state index contributed by atoms with van der Waals surface area (Å²) in [6.07, 6.45) is 0.864. The fourth-order valence-corrected chi connectivity index (χ4v) is 6.91. The Morgan fingerprint density at radius 1 is 0.766 bits per heavy atom. The zero-order chi connectivity index (χ0) is 46.3. The lowest BCUT2D eigenvalue weighted by Gasteiger charge is -2.24. The lowest BCUT2D eigenvalue weighted by atomic mass is 10.0. The molecule has 64 heavy (non-hydrogen) atoms. The Hall–Kier alpha value is -7.33. The highest BCUT2D eigenvalue weighted by Gasteiger charge is 2.29. The first-order chi connectivity index (χ1) is 30.8. The van der Waals surface area contributed by atoms with Gasteiger partial charge in [-0.2, -0.15) is 0 Å². The smallest absolute Gasteiger partial charge is 0.325 e. The zero-order valence-electron chi connectivity index (χ0n) is 35.8. The van der Waals surface area contributed by atoms with Crippen molar-refractivity contribution >= 4 is 52.8 Å². The molecule has 336 valence electrons. The first-order valence-electron chi connectivity index (χ1n) is 20.4. The number of methoxy groups -OCH3 is 1. The summed E-state index contributed by atoms with van der Waals surface area (Å²) >= 11 is 1.43. The average molecular weight is 892 g/mol. The Labute approximate surface area is 376 Å². The molecular formula is C48H53N5O10S. The molecule has 7 rings (SSSR count). The first kappa shape index (κ1) is 49.3. The van der Waals surface area contributed by atoms with Crippen LogP contribution in [0.25, 0.3) is 11.1 Å². The first-order valence-corrected chi connectivity index (χ1v) is 21.3. The minimum Gasteiger partial charge on any atom is -0.484 e. The summed E-state index contributed by atoms with van der Waals surface area (Å²) in [6.45, 7) is 1.95. The quantitative estimate of drug-likeness (QED) is 0.0917. The van der Waals surface area contributed by atoms with E-state index < -0.39 is 72.7 Å². The van der Waals surface area contributed by atoms with Crippen LogP contribution < -0.4 is 31.3 Å². The van der Waals surface area contributed by atoms with Crippen LogP contribution in [0, 0.1) is 6.92 Å². The van der Waals surface area contributed by atoms with Crippen LogP contribution in [0.15, 0.2) is 127 Å². The Morgan fingerprint density at radius 3 is 2.02 bits per heavy atom. The highest BCUT2D eigenvalue weighted by atomic mass is 32.1. The number of hydrogen-bond donors (Lipinski definition) is 6. The van der Waals surface area contributed by atoms with Crippen LogP contribution in [-0.2, 0) is 57.6 Å². The number of nitrogens with one attached hydrogen (secondary N) is 5. The molecule has 15 nitrogen and oxygen atoms in total. The van der Waals surface area contributed by atoms with E-state index in [9.17, 15) is 28.8 Å². The third-order valence-corrected chi connectivity index (χ3v) is 10.3. The van der Waals surface area contributed by atoms with Gasteiger partial charge in [0, 0.05) is 24.6 Å². The van der Waals surface area contributed by atoms with Crippen LogP contribution in [-0.4, -0.2) is 91.5 Å². The van der Waals surface area contributed by atoms with E-state index in [1.807, 2.05) is 53.9 Å². The maximum atomic E-state index is 13.7. The average Bonchev–Trinajstić information content (AvgIpc) is 3.82. The van der Waals surface area contributed by atoms with Crippen LogP contribution in [0.2, 0.25) is 0 Å². The molecule has 0 fully saturated rings. The molecule has 2 aliphatic rings. The number of carbonyl (C=O) groups excluding carboxylic acids is 6. The predicted molar refractivity (Wildman–Crippen MR) is 242 cm³/mol. The molecule has 3 atom stereocenters. The summed E-state index contributed by atoms with van der Waals surface area (Å²) in [5.41, 5.74) is 5.45. The Kier molecular flexibility index (Phi) is 20.2. The van der Waals surface area contributed by atoms with E-state index in [0.717, 1.165) is 17.4 Å². The number of rotatable bonds is 9. The van der Waals surface area contributed by atoms with Crippen molar-refractivity contribution in [3.05, 3.63) is 148 Å². The van der Waals surface area contributed by atoms with Gasteiger partial charge in [-0.3, -0.25) is 33.6 Å². The second kappa shape index (κ2) is 26.2. The van der Waals surface area contributed by atoms with Crippen LogP contribution in [0.3, 0.4) is 0 Å². The number of carboxylic acids is 1. The molecule has 0 unspecified atom stereocenters. The van der Waals surface area contributed by atoms with Crippen molar-refractivity contribution in [1.29, 1.82) is 0 Å². The second-order valence-corrected chi connectivity index (χ2v) is 15.5. The number of carboxylic acid groups (broad SMARTS) is 1. The van der Waals surface area contributed by atoms with Crippen molar-refractivity contribution in [1.82, 2.24) is 26.6 Å². The van der Waals surface area contributed by atoms with Crippen molar-refractivity contribution in [2.75, 3.05) is 26.8 Å². The monoisotopic (exact) mass is 891 g/mol. The molecule has 0 spiro atoms. The number of fused-ring (bicyclic) bond motifs is 16. The highest BCUT2D eigenvalue weighted by molar-refractivity contribution is 7.09. The molecule has 5 amide bonds. The molecule has 0 radical (unpaired) electrons. The molecule has 0 aliphatic carbocycles. The molecule has 3 heterocycles. The standard InChI is InChI=1S/C33H37N5O8S.C13H12.C2H4O2/c1-45-30(41)19-35-31(42)26-16-22-9-12-23(13-10-22)46-20-29(40)37-27(17-24-8-5-15-47-24)32(43)34-18-28(39)36-25(33(44)38-26)14-11-21-6-3-2-4-7-21;1-11-7-9-13(10-8-11)12-5-3-2-4-6-12;1-2(3)4/h2-10,12-13,15,25-27H,11,14,16-20H2,1H3,(H,34,43)(H,35,42)(H,36,39)(H,37,40)(H,38,44);2-10H,1H3;1H3,(H,3,4)/t25-,26+,27-;;/m1../s1. The maximum absolute atomic E-state index is 13.7. The van der Waals surface area contributed by atoms with E-state index in [4.69, 9.17) is 14.6 Å². The van der Waals surface area contributed by atoms with Gasteiger partial charge in [-0.25, -0.2) is 0 Å². The van der Waals surface area contributed by atoms with Gasteiger partial charge in [0.1, 0.15) is 30.4 Å². The van der Waals surface area contributed by atoms with Gasteiger partial charge in [0.2, 0.25) is 23.6 Å².